The van der Waals surface area contributed by atoms with Crippen LogP contribution in [0, 0.1) is 0 Å². The summed E-state index contributed by atoms with van der Waals surface area (Å²) in [6, 6.07) is 5.20. The molecule has 0 bridgehead atoms. The lowest BCUT2D eigenvalue weighted by Gasteiger charge is -2.46. The lowest BCUT2D eigenvalue weighted by molar-refractivity contribution is 0.0693. The maximum absolute atomic E-state index is 12.6. The van der Waals surface area contributed by atoms with Gasteiger partial charge in [-0.3, -0.25) is 19.4 Å². The molecule has 0 saturated heterocycles. The van der Waals surface area contributed by atoms with Crippen LogP contribution in [0.15, 0.2) is 28.2 Å². The highest BCUT2D eigenvalue weighted by Crippen LogP contribution is 2.42. The minimum atomic E-state index is -0.645. The molecule has 8 heteroatoms. The molecule has 1 aliphatic carbocycles. The SMILES string of the molecule is CN1C(=O)c2cccc(N3C(N)=NC(N)=NC34CCCCC4)c2C1=O. The van der Waals surface area contributed by atoms with Crippen molar-refractivity contribution in [3.63, 3.8) is 0 Å². The Hall–Kier alpha value is -2.90. The topological polar surface area (TPSA) is 117 Å². The Labute approximate surface area is 145 Å². The van der Waals surface area contributed by atoms with E-state index in [0.29, 0.717) is 16.8 Å². The van der Waals surface area contributed by atoms with Crippen LogP contribution in [0.25, 0.3) is 0 Å². The van der Waals surface area contributed by atoms with Crippen molar-refractivity contribution in [2.45, 2.75) is 37.8 Å². The molecule has 8 nitrogen and oxygen atoms in total. The fraction of sp³-hybridized carbons (Fsp3) is 0.412. The van der Waals surface area contributed by atoms with Crippen molar-refractivity contribution in [3.05, 3.63) is 29.3 Å². The number of nitrogens with zero attached hydrogens (tertiary/aromatic N) is 4. The maximum Gasteiger partial charge on any atom is 0.263 e. The fourth-order valence-corrected chi connectivity index (χ4v) is 4.04. The van der Waals surface area contributed by atoms with Gasteiger partial charge in [0.05, 0.1) is 16.8 Å². The molecule has 25 heavy (non-hydrogen) atoms. The predicted octanol–water partition coefficient (Wildman–Crippen LogP) is 1.02. The van der Waals surface area contributed by atoms with Crippen LogP contribution < -0.4 is 16.4 Å². The summed E-state index contributed by atoms with van der Waals surface area (Å²) >= 11 is 0. The van der Waals surface area contributed by atoms with Crippen LogP contribution in [-0.2, 0) is 0 Å². The maximum atomic E-state index is 12.6. The number of benzene rings is 1. The second-order valence-electron chi connectivity index (χ2n) is 6.69. The van der Waals surface area contributed by atoms with Crippen molar-refractivity contribution in [3.8, 4) is 0 Å². The number of carbonyl (C=O) groups is 2. The highest BCUT2D eigenvalue weighted by atomic mass is 16.2. The van der Waals surface area contributed by atoms with Gasteiger partial charge in [0.1, 0.15) is 5.66 Å². The van der Waals surface area contributed by atoms with E-state index < -0.39 is 5.66 Å². The Morgan fingerprint density at radius 2 is 1.80 bits per heavy atom. The molecule has 2 amide bonds. The van der Waals surface area contributed by atoms with E-state index in [4.69, 9.17) is 11.5 Å². The summed E-state index contributed by atoms with van der Waals surface area (Å²) in [7, 11) is 1.48. The number of fused-ring (bicyclic) bond motifs is 1. The van der Waals surface area contributed by atoms with Gasteiger partial charge in [0.15, 0.2) is 0 Å². The van der Waals surface area contributed by atoms with Crippen LogP contribution in [0.4, 0.5) is 5.69 Å². The number of amides is 2. The number of hydrogen-bond acceptors (Lipinski definition) is 7. The molecule has 1 aromatic rings. The molecule has 1 fully saturated rings. The van der Waals surface area contributed by atoms with Crippen LogP contribution >= 0.6 is 0 Å². The molecular formula is C17H20N6O2. The van der Waals surface area contributed by atoms with Crippen molar-refractivity contribution in [1.82, 2.24) is 4.90 Å². The number of guanidine groups is 2. The third-order valence-electron chi connectivity index (χ3n) is 5.19. The Morgan fingerprint density at radius 3 is 2.52 bits per heavy atom. The monoisotopic (exact) mass is 340 g/mol. The number of anilines is 1. The average molecular weight is 340 g/mol. The average Bonchev–Trinajstić information content (AvgIpc) is 2.80. The van der Waals surface area contributed by atoms with Crippen molar-refractivity contribution >= 4 is 29.4 Å². The summed E-state index contributed by atoms with van der Waals surface area (Å²) in [5.74, 6) is -0.285. The summed E-state index contributed by atoms with van der Waals surface area (Å²) in [5, 5.41) is 0. The van der Waals surface area contributed by atoms with Gasteiger partial charge in [-0.2, -0.15) is 4.99 Å². The number of rotatable bonds is 1. The highest BCUT2D eigenvalue weighted by Gasteiger charge is 2.46. The summed E-state index contributed by atoms with van der Waals surface area (Å²) in [6.45, 7) is 0. The largest absolute Gasteiger partial charge is 0.369 e. The minimum Gasteiger partial charge on any atom is -0.369 e. The summed E-state index contributed by atoms with van der Waals surface area (Å²) in [5.41, 5.74) is 12.8. The van der Waals surface area contributed by atoms with Gasteiger partial charge in [-0.05, 0) is 37.8 Å². The molecule has 1 saturated carbocycles. The summed E-state index contributed by atoms with van der Waals surface area (Å²) in [6.07, 6.45) is 4.64. The second-order valence-corrected chi connectivity index (χ2v) is 6.69. The molecule has 4 rings (SSSR count). The van der Waals surface area contributed by atoms with E-state index in [2.05, 4.69) is 9.98 Å². The predicted molar refractivity (Wildman–Crippen MR) is 94.4 cm³/mol. The molecule has 0 radical (unpaired) electrons. The van der Waals surface area contributed by atoms with E-state index in [-0.39, 0.29) is 23.7 Å². The first-order valence-corrected chi connectivity index (χ1v) is 8.40. The molecule has 4 N–H and O–H groups in total. The highest BCUT2D eigenvalue weighted by molar-refractivity contribution is 6.24. The standard InChI is InChI=1S/C17H20N6O2/c1-22-13(24)10-6-5-7-11(12(10)14(22)25)23-16(19)20-15(18)21-17(23)8-3-2-4-9-17/h5-7H,2-4,8-9H2,1H3,(H4,18,19,20,21). The van der Waals surface area contributed by atoms with Crippen molar-refractivity contribution in [2.24, 2.45) is 21.5 Å². The fourth-order valence-electron chi connectivity index (χ4n) is 4.04. The van der Waals surface area contributed by atoms with Gasteiger partial charge in [0.25, 0.3) is 11.8 Å². The van der Waals surface area contributed by atoms with Gasteiger partial charge in [0, 0.05) is 7.05 Å². The number of nitrogens with two attached hydrogens (primary N) is 2. The summed E-state index contributed by atoms with van der Waals surface area (Å²) < 4.78 is 0. The smallest absolute Gasteiger partial charge is 0.263 e. The molecule has 130 valence electrons. The van der Waals surface area contributed by atoms with E-state index >= 15 is 0 Å². The zero-order valence-corrected chi connectivity index (χ0v) is 14.0. The Balaban J connectivity index is 1.91. The Kier molecular flexibility index (Phi) is 3.31. The lowest BCUT2D eigenvalue weighted by atomic mass is 9.86. The summed E-state index contributed by atoms with van der Waals surface area (Å²) in [4.78, 5) is 36.6. The van der Waals surface area contributed by atoms with E-state index in [1.807, 2.05) is 0 Å². The minimum absolute atomic E-state index is 0.155. The number of carbonyl (C=O) groups excluding carboxylic acids is 2. The van der Waals surface area contributed by atoms with Gasteiger partial charge in [0.2, 0.25) is 11.9 Å². The van der Waals surface area contributed by atoms with Crippen molar-refractivity contribution in [2.75, 3.05) is 11.9 Å². The second kappa shape index (κ2) is 5.30. The molecule has 0 unspecified atom stereocenters. The zero-order valence-electron chi connectivity index (χ0n) is 14.0. The van der Waals surface area contributed by atoms with E-state index in [1.54, 1.807) is 23.1 Å². The van der Waals surface area contributed by atoms with Gasteiger partial charge >= 0.3 is 0 Å². The number of aliphatic imine (C=N–C) groups is 2. The third kappa shape index (κ3) is 2.13. The molecule has 0 atom stereocenters. The first-order valence-electron chi connectivity index (χ1n) is 8.40. The van der Waals surface area contributed by atoms with Crippen molar-refractivity contribution < 1.29 is 9.59 Å². The lowest BCUT2D eigenvalue weighted by Crippen LogP contribution is -2.58. The van der Waals surface area contributed by atoms with Crippen LogP contribution in [0.2, 0.25) is 0 Å². The van der Waals surface area contributed by atoms with E-state index in [9.17, 15) is 9.59 Å². The van der Waals surface area contributed by atoms with E-state index in [0.717, 1.165) is 37.0 Å². The quantitative estimate of drug-likeness (QED) is 0.740. The number of hydrogen-bond donors (Lipinski definition) is 2. The van der Waals surface area contributed by atoms with Crippen LogP contribution in [0.3, 0.4) is 0 Å². The van der Waals surface area contributed by atoms with Gasteiger partial charge in [-0.1, -0.05) is 12.5 Å². The Morgan fingerprint density at radius 1 is 1.08 bits per heavy atom. The van der Waals surface area contributed by atoms with Crippen LogP contribution in [0.1, 0.15) is 52.8 Å². The first kappa shape index (κ1) is 15.6. The van der Waals surface area contributed by atoms with Crippen LogP contribution in [-0.4, -0.2) is 41.3 Å². The van der Waals surface area contributed by atoms with E-state index in [1.165, 1.54) is 7.05 Å². The Bertz CT molecular complexity index is 838. The molecule has 2 heterocycles. The zero-order chi connectivity index (χ0) is 17.8. The first-order chi connectivity index (χ1) is 11.9. The van der Waals surface area contributed by atoms with Crippen molar-refractivity contribution in [1.29, 1.82) is 0 Å². The molecule has 2 aliphatic heterocycles. The van der Waals surface area contributed by atoms with Crippen LogP contribution in [0.5, 0.6) is 0 Å². The van der Waals surface area contributed by atoms with Gasteiger partial charge in [-0.15, -0.1) is 0 Å². The molecule has 1 spiro atoms. The molecular weight excluding hydrogens is 320 g/mol. The third-order valence-corrected chi connectivity index (χ3v) is 5.19. The number of imide groups is 1. The molecule has 0 aromatic heterocycles. The molecule has 1 aromatic carbocycles. The molecule has 3 aliphatic rings. The van der Waals surface area contributed by atoms with Gasteiger partial charge < -0.3 is 11.5 Å². The van der Waals surface area contributed by atoms with Gasteiger partial charge in [-0.25, -0.2) is 4.99 Å². The normalized spacial score (nSPS) is 22.1.